The van der Waals surface area contributed by atoms with E-state index in [1.165, 1.54) is 0 Å². The molecule has 0 saturated heterocycles. The van der Waals surface area contributed by atoms with Crippen LogP contribution >= 0.6 is 0 Å². The van der Waals surface area contributed by atoms with Crippen LogP contribution in [0.25, 0.3) is 0 Å². The van der Waals surface area contributed by atoms with Crippen molar-refractivity contribution in [2.75, 3.05) is 0 Å². The molecule has 18 heavy (non-hydrogen) atoms. The van der Waals surface area contributed by atoms with Gasteiger partial charge in [0.1, 0.15) is 6.10 Å². The van der Waals surface area contributed by atoms with E-state index in [-0.39, 0.29) is 0 Å². The maximum absolute atomic E-state index is 10.8. The number of benzene rings is 1. The number of carbonyl (C=O) groups is 1. The molecule has 0 aliphatic rings. The lowest BCUT2D eigenvalue weighted by molar-refractivity contribution is -0.153. The van der Waals surface area contributed by atoms with E-state index in [1.54, 1.807) is 0 Å². The maximum Gasteiger partial charge on any atom is 0.335 e. The van der Waals surface area contributed by atoms with Crippen molar-refractivity contribution in [1.29, 1.82) is 0 Å². The number of hydrogen-bond acceptors (Lipinski definition) is 3. The zero-order valence-electron chi connectivity index (χ0n) is 11.0. The monoisotopic (exact) mass is 252 g/mol. The topological polar surface area (TPSA) is 77.8 Å². The standard InChI is InChI=1S/C14H20O4/c1-4-9-6-8(3)7-10(5-2)11(9)12(15)13(16)14(17)18/h6-7,12-13,15-16H,4-5H2,1-3H3,(H,17,18). The Morgan fingerprint density at radius 2 is 1.61 bits per heavy atom. The molecule has 0 saturated carbocycles. The van der Waals surface area contributed by atoms with Crippen molar-refractivity contribution >= 4 is 5.97 Å². The third kappa shape index (κ3) is 2.89. The molecule has 0 aliphatic carbocycles. The zero-order valence-corrected chi connectivity index (χ0v) is 11.0. The summed E-state index contributed by atoms with van der Waals surface area (Å²) < 4.78 is 0. The van der Waals surface area contributed by atoms with E-state index in [2.05, 4.69) is 0 Å². The third-order valence-electron chi connectivity index (χ3n) is 3.11. The van der Waals surface area contributed by atoms with Crippen LogP contribution in [-0.4, -0.2) is 27.4 Å². The van der Waals surface area contributed by atoms with Gasteiger partial charge >= 0.3 is 5.97 Å². The van der Waals surface area contributed by atoms with Gasteiger partial charge in [-0.15, -0.1) is 0 Å². The lowest BCUT2D eigenvalue weighted by Crippen LogP contribution is -2.29. The lowest BCUT2D eigenvalue weighted by atomic mass is 9.89. The highest BCUT2D eigenvalue weighted by molar-refractivity contribution is 5.73. The fourth-order valence-corrected chi connectivity index (χ4v) is 2.21. The molecule has 100 valence electrons. The average molecular weight is 252 g/mol. The molecule has 0 radical (unpaired) electrons. The van der Waals surface area contributed by atoms with Gasteiger partial charge in [0, 0.05) is 0 Å². The summed E-state index contributed by atoms with van der Waals surface area (Å²) in [5.74, 6) is -1.41. The number of aryl methyl sites for hydroxylation is 3. The van der Waals surface area contributed by atoms with Crippen LogP contribution in [0, 0.1) is 6.92 Å². The number of aliphatic hydroxyl groups excluding tert-OH is 2. The molecule has 3 N–H and O–H groups in total. The Kier molecular flexibility index (Phi) is 4.87. The van der Waals surface area contributed by atoms with Crippen LogP contribution in [0.3, 0.4) is 0 Å². The van der Waals surface area contributed by atoms with Crippen molar-refractivity contribution in [1.82, 2.24) is 0 Å². The first-order valence-electron chi connectivity index (χ1n) is 6.13. The molecule has 0 spiro atoms. The largest absolute Gasteiger partial charge is 0.479 e. The first-order valence-corrected chi connectivity index (χ1v) is 6.13. The third-order valence-corrected chi connectivity index (χ3v) is 3.11. The van der Waals surface area contributed by atoms with E-state index >= 15 is 0 Å². The van der Waals surface area contributed by atoms with Crippen LogP contribution in [0.15, 0.2) is 12.1 Å². The minimum atomic E-state index is -1.79. The number of carboxylic acid groups (broad SMARTS) is 1. The highest BCUT2D eigenvalue weighted by Gasteiger charge is 2.28. The van der Waals surface area contributed by atoms with E-state index in [4.69, 9.17) is 5.11 Å². The molecule has 0 heterocycles. The minimum Gasteiger partial charge on any atom is -0.479 e. The van der Waals surface area contributed by atoms with Crippen LogP contribution < -0.4 is 0 Å². The van der Waals surface area contributed by atoms with Crippen LogP contribution in [-0.2, 0) is 17.6 Å². The molecule has 1 rings (SSSR count). The summed E-state index contributed by atoms with van der Waals surface area (Å²) in [6.07, 6.45) is -1.79. The van der Waals surface area contributed by atoms with Gasteiger partial charge in [0.15, 0.2) is 6.10 Å². The van der Waals surface area contributed by atoms with Gasteiger partial charge in [0.25, 0.3) is 0 Å². The van der Waals surface area contributed by atoms with Gasteiger partial charge in [0.2, 0.25) is 0 Å². The minimum absolute atomic E-state index is 0.556. The van der Waals surface area contributed by atoms with Crippen LogP contribution in [0.5, 0.6) is 0 Å². The maximum atomic E-state index is 10.8. The summed E-state index contributed by atoms with van der Waals surface area (Å²) in [4.78, 5) is 10.8. The lowest BCUT2D eigenvalue weighted by Gasteiger charge is -2.21. The Labute approximate surface area is 107 Å². The predicted molar refractivity (Wildman–Crippen MR) is 68.5 cm³/mol. The fourth-order valence-electron chi connectivity index (χ4n) is 2.21. The van der Waals surface area contributed by atoms with Crippen molar-refractivity contribution in [3.05, 3.63) is 34.4 Å². The summed E-state index contributed by atoms with van der Waals surface area (Å²) >= 11 is 0. The molecule has 0 amide bonds. The van der Waals surface area contributed by atoms with Gasteiger partial charge in [-0.1, -0.05) is 31.5 Å². The Balaban J connectivity index is 3.32. The van der Waals surface area contributed by atoms with E-state index in [9.17, 15) is 15.0 Å². The second kappa shape index (κ2) is 5.98. The van der Waals surface area contributed by atoms with Gasteiger partial charge in [-0.3, -0.25) is 0 Å². The van der Waals surface area contributed by atoms with Crippen LogP contribution in [0.2, 0.25) is 0 Å². The molecule has 0 fully saturated rings. The first kappa shape index (κ1) is 14.7. The Hall–Kier alpha value is -1.39. The van der Waals surface area contributed by atoms with Crippen LogP contribution in [0.4, 0.5) is 0 Å². The summed E-state index contributed by atoms with van der Waals surface area (Å²) in [6.45, 7) is 5.84. The summed E-state index contributed by atoms with van der Waals surface area (Å²) in [6, 6.07) is 3.85. The van der Waals surface area contributed by atoms with Gasteiger partial charge in [-0.05, 0) is 36.5 Å². The smallest absolute Gasteiger partial charge is 0.335 e. The van der Waals surface area contributed by atoms with Crippen molar-refractivity contribution in [2.45, 2.75) is 45.8 Å². The van der Waals surface area contributed by atoms with E-state index < -0.39 is 18.2 Å². The van der Waals surface area contributed by atoms with Gasteiger partial charge in [0.05, 0.1) is 0 Å². The Morgan fingerprint density at radius 1 is 1.17 bits per heavy atom. The van der Waals surface area contributed by atoms with Gasteiger partial charge in [-0.2, -0.15) is 0 Å². The molecule has 0 bridgehead atoms. The predicted octanol–water partition coefficient (Wildman–Crippen LogP) is 1.60. The fraction of sp³-hybridized carbons (Fsp3) is 0.500. The van der Waals surface area contributed by atoms with Crippen molar-refractivity contribution in [2.24, 2.45) is 0 Å². The summed E-state index contributed by atoms with van der Waals surface area (Å²) in [5, 5.41) is 28.3. The number of aliphatic hydroxyl groups is 2. The highest BCUT2D eigenvalue weighted by atomic mass is 16.4. The number of aliphatic carboxylic acids is 1. The molecule has 0 aromatic heterocycles. The van der Waals surface area contributed by atoms with Crippen molar-refractivity contribution in [3.8, 4) is 0 Å². The second-order valence-corrected chi connectivity index (χ2v) is 4.43. The number of rotatable bonds is 5. The SMILES string of the molecule is CCc1cc(C)cc(CC)c1C(O)C(O)C(=O)O. The average Bonchev–Trinajstić information content (AvgIpc) is 2.35. The molecular weight excluding hydrogens is 232 g/mol. The molecule has 4 nitrogen and oxygen atoms in total. The van der Waals surface area contributed by atoms with E-state index in [0.29, 0.717) is 18.4 Å². The molecule has 4 heteroatoms. The number of carboxylic acids is 1. The Bertz CT molecular complexity index is 414. The zero-order chi connectivity index (χ0) is 13.9. The van der Waals surface area contributed by atoms with Crippen molar-refractivity contribution < 1.29 is 20.1 Å². The second-order valence-electron chi connectivity index (χ2n) is 4.43. The molecule has 1 aromatic carbocycles. The van der Waals surface area contributed by atoms with Crippen molar-refractivity contribution in [3.63, 3.8) is 0 Å². The summed E-state index contributed by atoms with van der Waals surface area (Å²) in [5.41, 5.74) is 3.41. The number of hydrogen-bond donors (Lipinski definition) is 3. The van der Waals surface area contributed by atoms with Gasteiger partial charge < -0.3 is 15.3 Å². The normalized spacial score (nSPS) is 14.3. The molecule has 2 atom stereocenters. The molecular formula is C14H20O4. The molecule has 2 unspecified atom stereocenters. The molecule has 0 aliphatic heterocycles. The highest BCUT2D eigenvalue weighted by Crippen LogP contribution is 2.28. The summed E-state index contributed by atoms with van der Waals surface area (Å²) in [7, 11) is 0. The van der Waals surface area contributed by atoms with E-state index in [1.807, 2.05) is 32.9 Å². The Morgan fingerprint density at radius 3 is 1.94 bits per heavy atom. The first-order chi connectivity index (χ1) is 8.42. The quantitative estimate of drug-likeness (QED) is 0.743. The molecule has 1 aromatic rings. The van der Waals surface area contributed by atoms with Gasteiger partial charge in [-0.25, -0.2) is 4.79 Å². The van der Waals surface area contributed by atoms with Crippen LogP contribution in [0.1, 0.15) is 42.2 Å². The van der Waals surface area contributed by atoms with E-state index in [0.717, 1.165) is 16.7 Å².